The van der Waals surface area contributed by atoms with E-state index in [1.807, 2.05) is 13.8 Å². The second-order valence-electron chi connectivity index (χ2n) is 5.76. The molecule has 0 heterocycles. The number of primary amides is 1. The Morgan fingerprint density at radius 2 is 2.13 bits per heavy atom. The maximum Gasteiger partial charge on any atom is 0.217 e. The van der Waals surface area contributed by atoms with E-state index in [2.05, 4.69) is 15.9 Å². The van der Waals surface area contributed by atoms with Gasteiger partial charge in [0.25, 0.3) is 0 Å². The van der Waals surface area contributed by atoms with Crippen LogP contribution in [0.2, 0.25) is 0 Å². The van der Waals surface area contributed by atoms with E-state index in [4.69, 9.17) is 5.73 Å². The van der Waals surface area contributed by atoms with Crippen molar-refractivity contribution in [1.29, 1.82) is 0 Å². The van der Waals surface area contributed by atoms with E-state index in [0.717, 1.165) is 19.3 Å². The predicted octanol–water partition coefficient (Wildman–Crippen LogP) is 1.57. The zero-order valence-electron chi connectivity index (χ0n) is 9.22. The minimum Gasteiger partial charge on any atom is -0.391 e. The molecule has 0 spiro atoms. The third kappa shape index (κ3) is 1.30. The molecule has 2 aliphatic carbocycles. The third-order valence-corrected chi connectivity index (χ3v) is 5.82. The van der Waals surface area contributed by atoms with Gasteiger partial charge >= 0.3 is 0 Å². The van der Waals surface area contributed by atoms with Crippen molar-refractivity contribution in [3.05, 3.63) is 0 Å². The van der Waals surface area contributed by atoms with Crippen LogP contribution in [-0.2, 0) is 4.79 Å². The molecule has 2 rings (SSSR count). The van der Waals surface area contributed by atoms with E-state index in [9.17, 15) is 9.90 Å². The van der Waals surface area contributed by atoms with Gasteiger partial charge in [0.1, 0.15) is 0 Å². The molecule has 86 valence electrons. The monoisotopic (exact) mass is 275 g/mol. The quantitative estimate of drug-likeness (QED) is 0.752. The molecule has 3 nitrogen and oxygen atoms in total. The third-order valence-electron chi connectivity index (χ3n) is 4.70. The molecule has 1 amide bonds. The first-order chi connectivity index (χ1) is 6.74. The Morgan fingerprint density at radius 3 is 2.53 bits per heavy atom. The lowest BCUT2D eigenvalue weighted by Gasteiger charge is -2.45. The number of aliphatic hydroxyl groups excluding tert-OH is 1. The van der Waals surface area contributed by atoms with E-state index < -0.39 is 6.10 Å². The van der Waals surface area contributed by atoms with Crippen molar-refractivity contribution in [2.45, 2.75) is 50.0 Å². The number of rotatable bonds is 2. The molecule has 0 radical (unpaired) electrons. The first-order valence-electron chi connectivity index (χ1n) is 5.39. The van der Waals surface area contributed by atoms with Crippen LogP contribution in [0, 0.1) is 10.8 Å². The molecule has 2 bridgehead atoms. The lowest BCUT2D eigenvalue weighted by molar-refractivity contribution is -0.123. The summed E-state index contributed by atoms with van der Waals surface area (Å²) in [6, 6.07) is 0. The Kier molecular flexibility index (Phi) is 2.26. The van der Waals surface area contributed by atoms with Crippen LogP contribution < -0.4 is 5.73 Å². The number of hydrogen-bond donors (Lipinski definition) is 2. The minimum absolute atomic E-state index is 0.109. The summed E-state index contributed by atoms with van der Waals surface area (Å²) in [6.45, 7) is 4.09. The molecule has 2 aliphatic rings. The number of aliphatic hydroxyl groups is 1. The topological polar surface area (TPSA) is 63.3 Å². The van der Waals surface area contributed by atoms with Gasteiger partial charge in [0.05, 0.1) is 10.4 Å². The molecule has 0 aromatic carbocycles. The molecule has 3 N–H and O–H groups in total. The van der Waals surface area contributed by atoms with Gasteiger partial charge in [0.2, 0.25) is 5.91 Å². The smallest absolute Gasteiger partial charge is 0.217 e. The zero-order valence-corrected chi connectivity index (χ0v) is 10.8. The maximum atomic E-state index is 11.2. The average molecular weight is 276 g/mol. The number of fused-ring (bicyclic) bond motifs is 2. The first-order valence-corrected chi connectivity index (χ1v) is 6.18. The SMILES string of the molecule is CC1(C)C(O)C2(Br)CCC1(CC(N)=O)C2. The molecule has 15 heavy (non-hydrogen) atoms. The molecule has 2 saturated carbocycles. The van der Waals surface area contributed by atoms with Crippen LogP contribution in [-0.4, -0.2) is 21.4 Å². The summed E-state index contributed by atoms with van der Waals surface area (Å²) in [7, 11) is 0. The molecular formula is C11H18BrNO2. The lowest BCUT2D eigenvalue weighted by Crippen LogP contribution is -2.47. The fraction of sp³-hybridized carbons (Fsp3) is 0.909. The fourth-order valence-electron chi connectivity index (χ4n) is 3.62. The summed E-state index contributed by atoms with van der Waals surface area (Å²) in [5.74, 6) is -0.256. The largest absolute Gasteiger partial charge is 0.391 e. The highest BCUT2D eigenvalue weighted by molar-refractivity contribution is 9.10. The minimum atomic E-state index is -0.391. The fourth-order valence-corrected chi connectivity index (χ4v) is 4.93. The maximum absolute atomic E-state index is 11.2. The van der Waals surface area contributed by atoms with Crippen molar-refractivity contribution >= 4 is 21.8 Å². The predicted molar refractivity (Wildman–Crippen MR) is 61.5 cm³/mol. The molecule has 0 aromatic rings. The normalized spacial score (nSPS) is 47.1. The van der Waals surface area contributed by atoms with Crippen LogP contribution in [0.25, 0.3) is 0 Å². The number of amides is 1. The Bertz CT molecular complexity index is 318. The summed E-state index contributed by atoms with van der Waals surface area (Å²) in [5, 5.41) is 10.3. The number of carbonyl (C=O) groups excluding carboxylic acids is 1. The van der Waals surface area contributed by atoms with E-state index in [1.165, 1.54) is 0 Å². The van der Waals surface area contributed by atoms with Crippen molar-refractivity contribution < 1.29 is 9.90 Å². The van der Waals surface area contributed by atoms with Gasteiger partial charge in [-0.05, 0) is 30.1 Å². The van der Waals surface area contributed by atoms with Gasteiger partial charge in [-0.15, -0.1) is 0 Å². The first kappa shape index (κ1) is 11.4. The molecule has 3 atom stereocenters. The van der Waals surface area contributed by atoms with Crippen LogP contribution in [0.3, 0.4) is 0 Å². The van der Waals surface area contributed by atoms with Crippen molar-refractivity contribution in [2.75, 3.05) is 0 Å². The number of hydrogen-bond acceptors (Lipinski definition) is 2. The number of carbonyl (C=O) groups is 1. The van der Waals surface area contributed by atoms with Crippen LogP contribution in [0.1, 0.15) is 39.5 Å². The summed E-state index contributed by atoms with van der Waals surface area (Å²) in [5.41, 5.74) is 4.98. The van der Waals surface area contributed by atoms with Crippen LogP contribution in [0.5, 0.6) is 0 Å². The van der Waals surface area contributed by atoms with E-state index in [-0.39, 0.29) is 21.1 Å². The lowest BCUT2D eigenvalue weighted by atomic mass is 9.62. The molecular weight excluding hydrogens is 258 g/mol. The molecule has 0 aromatic heterocycles. The van der Waals surface area contributed by atoms with Crippen molar-refractivity contribution in [3.63, 3.8) is 0 Å². The molecule has 3 unspecified atom stereocenters. The van der Waals surface area contributed by atoms with Crippen molar-refractivity contribution in [3.8, 4) is 0 Å². The Balaban J connectivity index is 2.37. The number of halogens is 1. The summed E-state index contributed by atoms with van der Waals surface area (Å²) in [4.78, 5) is 11.2. The summed E-state index contributed by atoms with van der Waals surface area (Å²) >= 11 is 3.65. The average Bonchev–Trinajstić information content (AvgIpc) is 2.48. The van der Waals surface area contributed by atoms with Gasteiger partial charge in [0, 0.05) is 6.42 Å². The molecule has 0 aliphatic heterocycles. The second kappa shape index (κ2) is 2.98. The van der Waals surface area contributed by atoms with Crippen LogP contribution in [0.15, 0.2) is 0 Å². The summed E-state index contributed by atoms with van der Waals surface area (Å²) in [6.07, 6.45) is 2.77. The molecule has 4 heteroatoms. The van der Waals surface area contributed by atoms with Gasteiger partial charge < -0.3 is 10.8 Å². The molecule has 2 fully saturated rings. The van der Waals surface area contributed by atoms with Crippen molar-refractivity contribution in [2.24, 2.45) is 16.6 Å². The van der Waals surface area contributed by atoms with Gasteiger partial charge in [-0.3, -0.25) is 4.79 Å². The zero-order chi connectivity index (χ0) is 11.5. The highest BCUT2D eigenvalue weighted by atomic mass is 79.9. The summed E-state index contributed by atoms with van der Waals surface area (Å²) < 4.78 is -0.189. The number of alkyl halides is 1. The van der Waals surface area contributed by atoms with Gasteiger partial charge in [-0.1, -0.05) is 29.8 Å². The van der Waals surface area contributed by atoms with Crippen LogP contribution in [0.4, 0.5) is 0 Å². The van der Waals surface area contributed by atoms with Gasteiger partial charge in [-0.25, -0.2) is 0 Å². The van der Waals surface area contributed by atoms with Gasteiger partial charge in [0.15, 0.2) is 0 Å². The van der Waals surface area contributed by atoms with E-state index in [0.29, 0.717) is 6.42 Å². The Morgan fingerprint density at radius 1 is 1.53 bits per heavy atom. The van der Waals surface area contributed by atoms with Crippen LogP contribution >= 0.6 is 15.9 Å². The Hall–Kier alpha value is -0.0900. The standard InChI is InChI=1S/C11H18BrNO2/c1-9(2)8(15)11(12)4-3-10(9,6-11)5-7(13)14/h8,15H,3-6H2,1-2H3,(H2,13,14). The van der Waals surface area contributed by atoms with E-state index >= 15 is 0 Å². The molecule has 0 saturated heterocycles. The number of nitrogens with two attached hydrogens (primary N) is 1. The second-order valence-corrected chi connectivity index (χ2v) is 7.34. The highest BCUT2D eigenvalue weighted by Crippen LogP contribution is 2.69. The van der Waals surface area contributed by atoms with E-state index in [1.54, 1.807) is 0 Å². The Labute approximate surface area is 98.5 Å². The highest BCUT2D eigenvalue weighted by Gasteiger charge is 2.68. The van der Waals surface area contributed by atoms with Crippen molar-refractivity contribution in [1.82, 2.24) is 0 Å². The van der Waals surface area contributed by atoms with Gasteiger partial charge in [-0.2, -0.15) is 0 Å².